The maximum Gasteiger partial charge on any atom is 0.280 e. The van der Waals surface area contributed by atoms with E-state index in [-0.39, 0.29) is 17.4 Å². The van der Waals surface area contributed by atoms with Crippen molar-refractivity contribution in [1.29, 1.82) is 0 Å². The summed E-state index contributed by atoms with van der Waals surface area (Å²) < 4.78 is 4.81. The zero-order chi connectivity index (χ0) is 25.2. The molecule has 4 heterocycles. The van der Waals surface area contributed by atoms with Crippen LogP contribution in [0.25, 0.3) is 22.4 Å². The quantitative estimate of drug-likeness (QED) is 0.384. The lowest BCUT2D eigenvalue weighted by Gasteiger charge is -2.17. The number of amides is 2. The molecule has 3 aromatic heterocycles. The van der Waals surface area contributed by atoms with Gasteiger partial charge in [-0.15, -0.1) is 0 Å². The average Bonchev–Trinajstić information content (AvgIpc) is 3.64. The van der Waals surface area contributed by atoms with Crippen molar-refractivity contribution in [3.8, 4) is 11.5 Å². The van der Waals surface area contributed by atoms with E-state index in [9.17, 15) is 14.4 Å². The van der Waals surface area contributed by atoms with Crippen molar-refractivity contribution >= 4 is 22.7 Å². The minimum atomic E-state index is -0.813. The molecule has 4 aromatic rings. The number of carbonyl (C=O) groups is 2. The Morgan fingerprint density at radius 1 is 1.08 bits per heavy atom. The van der Waals surface area contributed by atoms with Gasteiger partial charge in [0.05, 0.1) is 11.4 Å². The van der Waals surface area contributed by atoms with E-state index in [4.69, 9.17) is 5.10 Å². The fourth-order valence-electron chi connectivity index (χ4n) is 4.63. The molecule has 1 saturated heterocycles. The predicted molar refractivity (Wildman–Crippen MR) is 135 cm³/mol. The summed E-state index contributed by atoms with van der Waals surface area (Å²) in [5, 5.41) is 12.5. The second kappa shape index (κ2) is 9.80. The minimum Gasteiger partial charge on any atom is -0.354 e. The van der Waals surface area contributed by atoms with Gasteiger partial charge in [-0.3, -0.25) is 14.4 Å². The fourth-order valence-corrected chi connectivity index (χ4v) is 4.63. The van der Waals surface area contributed by atoms with Crippen molar-refractivity contribution in [1.82, 2.24) is 34.3 Å². The third kappa shape index (κ3) is 4.30. The normalized spacial score (nSPS) is 14.5. The molecule has 1 N–H and O–H groups in total. The third-order valence-corrected chi connectivity index (χ3v) is 6.55. The summed E-state index contributed by atoms with van der Waals surface area (Å²) in [6.07, 6.45) is 5.87. The molecule has 1 aliphatic rings. The van der Waals surface area contributed by atoms with Crippen molar-refractivity contribution in [2.24, 2.45) is 0 Å². The van der Waals surface area contributed by atoms with Gasteiger partial charge >= 0.3 is 0 Å². The van der Waals surface area contributed by atoms with Crippen LogP contribution < -0.4 is 10.9 Å². The molecular weight excluding hydrogens is 458 g/mol. The molecule has 186 valence electrons. The smallest absolute Gasteiger partial charge is 0.280 e. The van der Waals surface area contributed by atoms with E-state index in [0.717, 1.165) is 18.7 Å². The first-order chi connectivity index (χ1) is 17.5. The van der Waals surface area contributed by atoms with Crippen molar-refractivity contribution in [3.63, 3.8) is 0 Å². The SMILES string of the molecule is Cc1nn([C@@H](C)C(=O)NCCCN2CCCC2=O)c(=O)c2c(-n3cccc3)n(-c3ccccc3)nc12. The highest BCUT2D eigenvalue weighted by molar-refractivity contribution is 5.88. The van der Waals surface area contributed by atoms with E-state index in [1.54, 1.807) is 18.5 Å². The molecule has 1 aromatic carbocycles. The van der Waals surface area contributed by atoms with Gasteiger partial charge in [0.15, 0.2) is 5.82 Å². The molecule has 2 amide bonds. The van der Waals surface area contributed by atoms with E-state index in [1.165, 1.54) is 4.68 Å². The first kappa shape index (κ1) is 23.5. The molecule has 0 radical (unpaired) electrons. The Hall–Kier alpha value is -4.21. The largest absolute Gasteiger partial charge is 0.354 e. The highest BCUT2D eigenvalue weighted by Crippen LogP contribution is 2.25. The Balaban J connectivity index is 1.46. The average molecular weight is 488 g/mol. The van der Waals surface area contributed by atoms with Crippen LogP contribution in [0, 0.1) is 6.92 Å². The van der Waals surface area contributed by atoms with Gasteiger partial charge in [0.2, 0.25) is 11.8 Å². The summed E-state index contributed by atoms with van der Waals surface area (Å²) in [5.41, 5.74) is 1.48. The summed E-state index contributed by atoms with van der Waals surface area (Å²) in [5.74, 6) is 0.464. The lowest BCUT2D eigenvalue weighted by atomic mass is 10.2. The third-order valence-electron chi connectivity index (χ3n) is 6.55. The highest BCUT2D eigenvalue weighted by Gasteiger charge is 2.25. The Morgan fingerprint density at radius 2 is 1.83 bits per heavy atom. The zero-order valence-corrected chi connectivity index (χ0v) is 20.4. The van der Waals surface area contributed by atoms with E-state index < -0.39 is 6.04 Å². The zero-order valence-electron chi connectivity index (χ0n) is 20.4. The molecule has 0 unspecified atom stereocenters. The van der Waals surface area contributed by atoms with Crippen LogP contribution in [0.2, 0.25) is 0 Å². The summed E-state index contributed by atoms with van der Waals surface area (Å²) in [6.45, 7) is 5.27. The molecule has 1 aliphatic heterocycles. The van der Waals surface area contributed by atoms with E-state index in [0.29, 0.717) is 48.3 Å². The van der Waals surface area contributed by atoms with Gasteiger partial charge in [-0.2, -0.15) is 10.2 Å². The number of hydrogen-bond acceptors (Lipinski definition) is 5. The molecule has 10 heteroatoms. The summed E-state index contributed by atoms with van der Waals surface area (Å²) in [7, 11) is 0. The first-order valence-electron chi connectivity index (χ1n) is 12.2. The number of carbonyl (C=O) groups excluding carboxylic acids is 2. The lowest BCUT2D eigenvalue weighted by molar-refractivity contribution is -0.127. The second-order valence-electron chi connectivity index (χ2n) is 9.02. The maximum absolute atomic E-state index is 13.7. The molecule has 1 atom stereocenters. The fraction of sp³-hybridized carbons (Fsp3) is 0.346. The van der Waals surface area contributed by atoms with E-state index in [2.05, 4.69) is 10.4 Å². The Labute approximate surface area is 208 Å². The number of fused-ring (bicyclic) bond motifs is 1. The summed E-state index contributed by atoms with van der Waals surface area (Å²) >= 11 is 0. The number of rotatable bonds is 8. The van der Waals surface area contributed by atoms with Crippen LogP contribution in [-0.4, -0.2) is 60.5 Å². The number of likely N-dealkylation sites (tertiary alicyclic amines) is 1. The number of hydrogen-bond donors (Lipinski definition) is 1. The number of benzene rings is 1. The molecule has 1 fully saturated rings. The molecular formula is C26H29N7O3. The van der Waals surface area contributed by atoms with Gasteiger partial charge in [0.25, 0.3) is 5.56 Å². The van der Waals surface area contributed by atoms with Crippen molar-refractivity contribution < 1.29 is 9.59 Å². The van der Waals surface area contributed by atoms with Crippen molar-refractivity contribution in [2.75, 3.05) is 19.6 Å². The van der Waals surface area contributed by atoms with Crippen LogP contribution in [0.1, 0.15) is 37.9 Å². The van der Waals surface area contributed by atoms with Crippen LogP contribution >= 0.6 is 0 Å². The van der Waals surface area contributed by atoms with Crippen LogP contribution in [0.3, 0.4) is 0 Å². The number of aryl methyl sites for hydroxylation is 1. The van der Waals surface area contributed by atoms with Crippen molar-refractivity contribution in [2.45, 2.75) is 39.2 Å². The number of aromatic nitrogens is 5. The lowest BCUT2D eigenvalue weighted by Crippen LogP contribution is -2.38. The second-order valence-corrected chi connectivity index (χ2v) is 9.02. The van der Waals surface area contributed by atoms with Gasteiger partial charge < -0.3 is 14.8 Å². The van der Waals surface area contributed by atoms with E-state index in [1.807, 2.05) is 64.3 Å². The van der Waals surface area contributed by atoms with Crippen LogP contribution in [0.15, 0.2) is 59.7 Å². The molecule has 5 rings (SSSR count). The number of nitrogens with zero attached hydrogens (tertiary/aromatic N) is 6. The van der Waals surface area contributed by atoms with E-state index >= 15 is 0 Å². The first-order valence-corrected chi connectivity index (χ1v) is 12.2. The molecule has 0 spiro atoms. The van der Waals surface area contributed by atoms with Gasteiger partial charge in [0, 0.05) is 38.4 Å². The van der Waals surface area contributed by atoms with Gasteiger partial charge in [0.1, 0.15) is 16.9 Å². The summed E-state index contributed by atoms with van der Waals surface area (Å²) in [6, 6.07) is 12.5. The molecule has 10 nitrogen and oxygen atoms in total. The van der Waals surface area contributed by atoms with Gasteiger partial charge in [-0.25, -0.2) is 9.36 Å². The van der Waals surface area contributed by atoms with Crippen molar-refractivity contribution in [3.05, 3.63) is 70.9 Å². The van der Waals surface area contributed by atoms with Crippen LogP contribution in [-0.2, 0) is 9.59 Å². The van der Waals surface area contributed by atoms with Gasteiger partial charge in [-0.05, 0) is 51.0 Å². The Morgan fingerprint density at radius 3 is 2.53 bits per heavy atom. The number of para-hydroxylation sites is 1. The molecule has 0 bridgehead atoms. The standard InChI is InChI=1S/C26H29N7O3/c1-18-23-22(25(31-14-6-7-15-31)33(29-23)20-10-4-3-5-11-20)26(36)32(28-18)19(2)24(35)27-13-9-17-30-16-8-12-21(30)34/h3-7,10-11,14-15,19H,8-9,12-13,16-17H2,1-2H3,(H,27,35)/t19-/m0/s1. The Kier molecular flexibility index (Phi) is 6.41. The van der Waals surface area contributed by atoms with Gasteiger partial charge in [-0.1, -0.05) is 18.2 Å². The summed E-state index contributed by atoms with van der Waals surface area (Å²) in [4.78, 5) is 40.2. The molecule has 36 heavy (non-hydrogen) atoms. The minimum absolute atomic E-state index is 0.170. The van der Waals surface area contributed by atoms with Crippen LogP contribution in [0.5, 0.6) is 0 Å². The number of nitrogens with one attached hydrogen (secondary N) is 1. The monoisotopic (exact) mass is 487 g/mol. The maximum atomic E-state index is 13.7. The topological polar surface area (TPSA) is 107 Å². The predicted octanol–water partition coefficient (Wildman–Crippen LogP) is 2.37. The Bertz CT molecular complexity index is 1450. The molecule has 0 saturated carbocycles. The highest BCUT2D eigenvalue weighted by atomic mass is 16.2. The van der Waals surface area contributed by atoms with Crippen LogP contribution in [0.4, 0.5) is 0 Å². The molecule has 0 aliphatic carbocycles.